The first-order valence-corrected chi connectivity index (χ1v) is 17.6. The molecule has 0 aliphatic carbocycles. The molecule has 0 radical (unpaired) electrons. The van der Waals surface area contributed by atoms with E-state index < -0.39 is 42.4 Å². The molecule has 2 aromatic carbocycles. The first kappa shape index (κ1) is 40.1. The van der Waals surface area contributed by atoms with E-state index in [1.165, 1.54) is 18.9 Å². The number of hydrogen-bond acceptors (Lipinski definition) is 9. The Morgan fingerprint density at radius 2 is 1.56 bits per heavy atom. The number of thioether (sulfide) groups is 1. The van der Waals surface area contributed by atoms with Crippen LogP contribution in [0, 0.1) is 20.8 Å². The van der Waals surface area contributed by atoms with Crippen LogP contribution in [0.2, 0.25) is 0 Å². The van der Waals surface area contributed by atoms with Gasteiger partial charge in [-0.2, -0.15) is 11.8 Å². The van der Waals surface area contributed by atoms with Crippen LogP contribution in [0.4, 0.5) is 0 Å². The van der Waals surface area contributed by atoms with Gasteiger partial charge in [-0.25, -0.2) is 0 Å². The van der Waals surface area contributed by atoms with Gasteiger partial charge in [-0.1, -0.05) is 36.8 Å². The van der Waals surface area contributed by atoms with Crippen molar-refractivity contribution in [3.05, 3.63) is 64.2 Å². The van der Waals surface area contributed by atoms with Gasteiger partial charge < -0.3 is 36.8 Å². The van der Waals surface area contributed by atoms with Gasteiger partial charge in [-0.3, -0.25) is 24.0 Å². The van der Waals surface area contributed by atoms with Crippen LogP contribution in [0.15, 0.2) is 36.4 Å². The number of rotatable bonds is 20. The summed E-state index contributed by atoms with van der Waals surface area (Å²) in [5.41, 5.74) is 10.4. The lowest BCUT2D eigenvalue weighted by Gasteiger charge is -2.22. The number of phenolic OH excluding ortho intramolecular Hbond substituents is 1. The third kappa shape index (κ3) is 13.6. The number of phenols is 1. The van der Waals surface area contributed by atoms with E-state index in [9.17, 15) is 29.1 Å². The van der Waals surface area contributed by atoms with Crippen LogP contribution in [-0.2, 0) is 41.6 Å². The Kier molecular flexibility index (Phi) is 17.5. The lowest BCUT2D eigenvalue weighted by molar-refractivity contribution is -0.140. The lowest BCUT2D eigenvalue weighted by Crippen LogP contribution is -2.54. The minimum absolute atomic E-state index is 0.181. The smallest absolute Gasteiger partial charge is 0.305 e. The zero-order valence-electron chi connectivity index (χ0n) is 28.6. The van der Waals surface area contributed by atoms with Crippen molar-refractivity contribution in [2.75, 3.05) is 32.2 Å². The number of esters is 1. The molecule has 0 saturated carbocycles. The van der Waals surface area contributed by atoms with Gasteiger partial charge in [-0.05, 0) is 92.3 Å². The Balaban J connectivity index is 1.98. The van der Waals surface area contributed by atoms with Gasteiger partial charge in [0.15, 0.2) is 0 Å². The molecule has 0 unspecified atom stereocenters. The van der Waals surface area contributed by atoms with Crippen LogP contribution in [0.25, 0.3) is 0 Å². The second-order valence-electron chi connectivity index (χ2n) is 11.8. The van der Waals surface area contributed by atoms with Gasteiger partial charge in [-0.15, -0.1) is 0 Å². The maximum absolute atomic E-state index is 13.2. The van der Waals surface area contributed by atoms with Crippen molar-refractivity contribution in [1.82, 2.24) is 21.3 Å². The van der Waals surface area contributed by atoms with E-state index >= 15 is 0 Å². The molecule has 0 aliphatic heterocycles. The molecule has 2 rings (SSSR count). The minimum atomic E-state index is -0.940. The molecule has 2 aromatic rings. The highest BCUT2D eigenvalue weighted by molar-refractivity contribution is 7.98. The summed E-state index contributed by atoms with van der Waals surface area (Å²) < 4.78 is 4.64. The highest BCUT2D eigenvalue weighted by Gasteiger charge is 2.26. The van der Waals surface area contributed by atoms with Crippen molar-refractivity contribution in [2.24, 2.45) is 5.73 Å². The summed E-state index contributed by atoms with van der Waals surface area (Å²) in [6, 6.07) is 8.16. The zero-order chi connectivity index (χ0) is 35.6. The maximum Gasteiger partial charge on any atom is 0.305 e. The largest absolute Gasteiger partial charge is 0.508 e. The Labute approximate surface area is 287 Å². The normalized spacial score (nSPS) is 12.7. The van der Waals surface area contributed by atoms with Gasteiger partial charge in [0, 0.05) is 19.4 Å². The van der Waals surface area contributed by atoms with Crippen molar-refractivity contribution >= 4 is 41.4 Å². The average molecular weight is 686 g/mol. The topological polar surface area (TPSA) is 189 Å². The lowest BCUT2D eigenvalue weighted by atomic mass is 9.92. The second-order valence-corrected chi connectivity index (χ2v) is 12.8. The molecule has 7 N–H and O–H groups in total. The van der Waals surface area contributed by atoms with Crippen molar-refractivity contribution in [3.8, 4) is 5.75 Å². The molecule has 0 aromatic heterocycles. The first-order chi connectivity index (χ1) is 22.9. The van der Waals surface area contributed by atoms with E-state index in [1.807, 2.05) is 50.4 Å². The highest BCUT2D eigenvalue weighted by Crippen LogP contribution is 2.27. The molecule has 0 bridgehead atoms. The van der Waals surface area contributed by atoms with E-state index in [4.69, 9.17) is 5.73 Å². The first-order valence-electron chi connectivity index (χ1n) is 16.2. The van der Waals surface area contributed by atoms with Crippen LogP contribution in [0.1, 0.15) is 59.9 Å². The number of benzene rings is 2. The van der Waals surface area contributed by atoms with Crippen molar-refractivity contribution in [2.45, 2.75) is 83.8 Å². The number of aromatic hydroxyl groups is 1. The van der Waals surface area contributed by atoms with E-state index in [2.05, 4.69) is 26.0 Å². The molecule has 0 spiro atoms. The van der Waals surface area contributed by atoms with Crippen LogP contribution in [-0.4, -0.2) is 85.0 Å². The third-order valence-corrected chi connectivity index (χ3v) is 8.82. The Hall–Kier alpha value is -4.10. The number of carbonyl (C=O) groups is 5. The monoisotopic (exact) mass is 685 g/mol. The number of amides is 4. The van der Waals surface area contributed by atoms with Crippen LogP contribution in [0.5, 0.6) is 5.75 Å². The predicted octanol–water partition coefficient (Wildman–Crippen LogP) is 2.12. The second kappa shape index (κ2) is 21.0. The number of hydrogen-bond donors (Lipinski definition) is 6. The molecular weight excluding hydrogens is 634 g/mol. The molecule has 12 nitrogen and oxygen atoms in total. The van der Waals surface area contributed by atoms with E-state index in [1.54, 1.807) is 13.0 Å². The summed E-state index contributed by atoms with van der Waals surface area (Å²) in [5, 5.41) is 21.0. The molecule has 264 valence electrons. The van der Waals surface area contributed by atoms with Crippen molar-refractivity contribution in [1.29, 1.82) is 0 Å². The standard InChI is InChI=1S/C35H51N5O7S/c1-22-18-30(41)24(3)23(2)26(22)20-27(36)33(44)40-28(15-17-48-5)34(45)38-21-31(42)39-29(19-25-12-8-6-9-13-25)35(46)37-16-11-7-10-14-32(43)47-4/h6,8-9,12-13,18,27-29,41H,7,10-11,14-17,19-21,36H2,1-5H3,(H,37,46)(H,38,45)(H,39,42)(H,40,44)/t27-,28+,29-/m0/s1. The average Bonchev–Trinajstić information content (AvgIpc) is 3.07. The molecule has 4 amide bonds. The van der Waals surface area contributed by atoms with Gasteiger partial charge in [0.1, 0.15) is 17.8 Å². The van der Waals surface area contributed by atoms with E-state index in [0.717, 1.165) is 34.2 Å². The Morgan fingerprint density at radius 3 is 2.23 bits per heavy atom. The number of ether oxygens (including phenoxy) is 1. The van der Waals surface area contributed by atoms with E-state index in [-0.39, 0.29) is 30.5 Å². The van der Waals surface area contributed by atoms with Gasteiger partial charge >= 0.3 is 5.97 Å². The number of nitrogens with two attached hydrogens (primary N) is 1. The van der Waals surface area contributed by atoms with Gasteiger partial charge in [0.05, 0.1) is 19.7 Å². The van der Waals surface area contributed by atoms with Crippen LogP contribution < -0.4 is 27.0 Å². The molecule has 3 atom stereocenters. The summed E-state index contributed by atoms with van der Waals surface area (Å²) in [6.07, 6.45) is 5.03. The SMILES string of the molecule is COC(=O)CCCCCNC(=O)[C@H](Cc1ccccc1)NC(=O)CNC(=O)[C@@H](CCSC)NC(=O)[C@@H](N)Cc1c(C)cc(O)c(C)c1C. The van der Waals surface area contributed by atoms with E-state index in [0.29, 0.717) is 38.0 Å². The van der Waals surface area contributed by atoms with Crippen molar-refractivity contribution in [3.63, 3.8) is 0 Å². The molecule has 0 fully saturated rings. The summed E-state index contributed by atoms with van der Waals surface area (Å²) in [5.74, 6) is -1.47. The third-order valence-electron chi connectivity index (χ3n) is 8.18. The molecule has 0 saturated heterocycles. The minimum Gasteiger partial charge on any atom is -0.508 e. The Morgan fingerprint density at radius 1 is 0.875 bits per heavy atom. The number of nitrogens with one attached hydrogen (secondary N) is 4. The quantitative estimate of drug-likeness (QED) is 0.0896. The number of methoxy groups -OCH3 is 1. The fourth-order valence-electron chi connectivity index (χ4n) is 5.13. The van der Waals surface area contributed by atoms with Crippen LogP contribution >= 0.6 is 11.8 Å². The van der Waals surface area contributed by atoms with Crippen molar-refractivity contribution < 1.29 is 33.8 Å². The molecule has 0 heterocycles. The predicted molar refractivity (Wildman–Crippen MR) is 188 cm³/mol. The summed E-state index contributed by atoms with van der Waals surface area (Å²) in [4.78, 5) is 63.6. The summed E-state index contributed by atoms with van der Waals surface area (Å²) in [6.45, 7) is 5.49. The fraction of sp³-hybridized carbons (Fsp3) is 0.514. The van der Waals surface area contributed by atoms with Gasteiger partial charge in [0.25, 0.3) is 0 Å². The molecular formula is C35H51N5O7S. The highest BCUT2D eigenvalue weighted by atomic mass is 32.2. The number of aryl methyl sites for hydroxylation is 1. The summed E-state index contributed by atoms with van der Waals surface area (Å²) in [7, 11) is 1.34. The number of unbranched alkanes of at least 4 members (excludes halogenated alkanes) is 2. The number of carbonyl (C=O) groups excluding carboxylic acids is 5. The fourth-order valence-corrected chi connectivity index (χ4v) is 5.60. The maximum atomic E-state index is 13.2. The van der Waals surface area contributed by atoms with Gasteiger partial charge in [0.2, 0.25) is 23.6 Å². The van der Waals surface area contributed by atoms with Crippen LogP contribution in [0.3, 0.4) is 0 Å². The molecule has 48 heavy (non-hydrogen) atoms. The molecule has 0 aliphatic rings. The Bertz CT molecular complexity index is 1390. The summed E-state index contributed by atoms with van der Waals surface area (Å²) >= 11 is 1.51. The molecule has 13 heteroatoms. The zero-order valence-corrected chi connectivity index (χ0v) is 29.5.